The highest BCUT2D eigenvalue weighted by Crippen LogP contribution is 2.33. The molecule has 20 heavy (non-hydrogen) atoms. The van der Waals surface area contributed by atoms with Gasteiger partial charge in [-0.25, -0.2) is 4.79 Å². The maximum Gasteiger partial charge on any atom is 0.340 e. The molecule has 0 bridgehead atoms. The lowest BCUT2D eigenvalue weighted by atomic mass is 9.97. The predicted molar refractivity (Wildman–Crippen MR) is 81.8 cm³/mol. The number of rotatable bonds is 4. The summed E-state index contributed by atoms with van der Waals surface area (Å²) in [5, 5.41) is 3.52. The minimum Gasteiger partial charge on any atom is -0.462 e. The first-order chi connectivity index (χ1) is 9.52. The normalized spacial score (nSPS) is 25.4. The topological polar surface area (TPSA) is 64.3 Å². The molecular formula is C16H24N2O2. The molecule has 1 fully saturated rings. The Bertz CT molecular complexity index is 487. The van der Waals surface area contributed by atoms with Gasteiger partial charge in [-0.1, -0.05) is 13.8 Å². The Hall–Kier alpha value is -1.71. The zero-order valence-electron chi connectivity index (χ0n) is 12.5. The molecule has 0 saturated heterocycles. The van der Waals surface area contributed by atoms with Gasteiger partial charge < -0.3 is 15.8 Å². The van der Waals surface area contributed by atoms with Crippen molar-refractivity contribution in [1.29, 1.82) is 0 Å². The summed E-state index contributed by atoms with van der Waals surface area (Å²) in [6, 6.07) is 5.94. The van der Waals surface area contributed by atoms with Crippen LogP contribution in [-0.2, 0) is 4.74 Å². The number of ether oxygens (including phenoxy) is 1. The molecule has 0 spiro atoms. The van der Waals surface area contributed by atoms with Crippen LogP contribution in [0.2, 0.25) is 0 Å². The van der Waals surface area contributed by atoms with Crippen LogP contribution in [0.5, 0.6) is 0 Å². The van der Waals surface area contributed by atoms with E-state index in [1.807, 2.05) is 6.07 Å². The quantitative estimate of drug-likeness (QED) is 0.654. The molecule has 0 aliphatic heterocycles. The van der Waals surface area contributed by atoms with E-state index in [9.17, 15) is 4.79 Å². The summed E-state index contributed by atoms with van der Waals surface area (Å²) in [6.07, 6.45) is 2.42. The van der Waals surface area contributed by atoms with Crippen molar-refractivity contribution in [2.45, 2.75) is 39.7 Å². The summed E-state index contributed by atoms with van der Waals surface area (Å²) < 4.78 is 5.03. The summed E-state index contributed by atoms with van der Waals surface area (Å²) in [7, 11) is 0. The second-order valence-electron chi connectivity index (χ2n) is 5.69. The van der Waals surface area contributed by atoms with E-state index in [4.69, 9.17) is 10.5 Å². The molecule has 0 heterocycles. The van der Waals surface area contributed by atoms with Crippen molar-refractivity contribution in [3.63, 3.8) is 0 Å². The van der Waals surface area contributed by atoms with Gasteiger partial charge in [0.1, 0.15) is 0 Å². The molecule has 1 aromatic rings. The Morgan fingerprint density at radius 3 is 2.75 bits per heavy atom. The standard InChI is InChI=1S/C16H24N2O2/c1-4-20-16(19)13-9-12(6-7-14(13)17)18-15-8-5-10(2)11(15)3/h6-7,9-11,15,18H,4-5,8,17H2,1-3H3. The molecule has 1 aliphatic carbocycles. The fourth-order valence-corrected chi connectivity index (χ4v) is 2.81. The number of esters is 1. The van der Waals surface area contributed by atoms with Crippen molar-refractivity contribution in [3.8, 4) is 0 Å². The van der Waals surface area contributed by atoms with Crippen molar-refractivity contribution in [2.24, 2.45) is 11.8 Å². The number of anilines is 2. The van der Waals surface area contributed by atoms with Gasteiger partial charge in [-0.05, 0) is 49.8 Å². The van der Waals surface area contributed by atoms with Gasteiger partial charge in [-0.3, -0.25) is 0 Å². The van der Waals surface area contributed by atoms with Crippen LogP contribution in [0.1, 0.15) is 44.0 Å². The van der Waals surface area contributed by atoms with Crippen LogP contribution in [-0.4, -0.2) is 18.6 Å². The molecule has 4 heteroatoms. The van der Waals surface area contributed by atoms with Gasteiger partial charge in [0.2, 0.25) is 0 Å². The first kappa shape index (κ1) is 14.7. The second kappa shape index (κ2) is 6.16. The Morgan fingerprint density at radius 2 is 2.15 bits per heavy atom. The fraction of sp³-hybridized carbons (Fsp3) is 0.562. The summed E-state index contributed by atoms with van der Waals surface area (Å²) in [4.78, 5) is 11.8. The predicted octanol–water partition coefficient (Wildman–Crippen LogP) is 3.29. The van der Waals surface area contributed by atoms with E-state index in [1.54, 1.807) is 19.1 Å². The van der Waals surface area contributed by atoms with Gasteiger partial charge in [0.15, 0.2) is 0 Å². The van der Waals surface area contributed by atoms with Crippen molar-refractivity contribution in [3.05, 3.63) is 23.8 Å². The third-order valence-electron chi connectivity index (χ3n) is 4.37. The lowest BCUT2D eigenvalue weighted by Gasteiger charge is -2.21. The largest absolute Gasteiger partial charge is 0.462 e. The molecule has 1 saturated carbocycles. The lowest BCUT2D eigenvalue weighted by molar-refractivity contribution is 0.0527. The van der Waals surface area contributed by atoms with Crippen LogP contribution < -0.4 is 11.1 Å². The molecule has 3 N–H and O–H groups in total. The van der Waals surface area contributed by atoms with Crippen LogP contribution in [0.25, 0.3) is 0 Å². The summed E-state index contributed by atoms with van der Waals surface area (Å²) >= 11 is 0. The number of benzene rings is 1. The van der Waals surface area contributed by atoms with E-state index in [2.05, 4.69) is 19.2 Å². The molecule has 2 rings (SSSR count). The van der Waals surface area contributed by atoms with Crippen LogP contribution in [0, 0.1) is 11.8 Å². The molecule has 0 aromatic heterocycles. The van der Waals surface area contributed by atoms with Crippen molar-refractivity contribution in [2.75, 3.05) is 17.7 Å². The average Bonchev–Trinajstić information content (AvgIpc) is 2.73. The highest BCUT2D eigenvalue weighted by atomic mass is 16.5. The van der Waals surface area contributed by atoms with Crippen molar-refractivity contribution < 1.29 is 9.53 Å². The summed E-state index contributed by atoms with van der Waals surface area (Å²) in [5.74, 6) is 1.02. The van der Waals surface area contributed by atoms with E-state index < -0.39 is 0 Å². The fourth-order valence-electron chi connectivity index (χ4n) is 2.81. The van der Waals surface area contributed by atoms with Crippen LogP contribution >= 0.6 is 0 Å². The first-order valence-corrected chi connectivity index (χ1v) is 7.36. The maximum absolute atomic E-state index is 11.8. The molecule has 3 unspecified atom stereocenters. The highest BCUT2D eigenvalue weighted by Gasteiger charge is 2.29. The third-order valence-corrected chi connectivity index (χ3v) is 4.37. The molecule has 0 amide bonds. The molecular weight excluding hydrogens is 252 g/mol. The Balaban J connectivity index is 2.13. The molecule has 3 atom stereocenters. The number of hydrogen-bond donors (Lipinski definition) is 2. The first-order valence-electron chi connectivity index (χ1n) is 7.36. The number of hydrogen-bond acceptors (Lipinski definition) is 4. The van der Waals surface area contributed by atoms with E-state index >= 15 is 0 Å². The number of nitrogen functional groups attached to an aromatic ring is 1. The summed E-state index contributed by atoms with van der Waals surface area (Å²) in [6.45, 7) is 6.71. The third kappa shape index (κ3) is 3.06. The van der Waals surface area contributed by atoms with Crippen molar-refractivity contribution in [1.82, 2.24) is 0 Å². The zero-order valence-corrected chi connectivity index (χ0v) is 12.5. The smallest absolute Gasteiger partial charge is 0.340 e. The average molecular weight is 276 g/mol. The minimum atomic E-state index is -0.360. The zero-order chi connectivity index (χ0) is 14.7. The van der Waals surface area contributed by atoms with Crippen LogP contribution in [0.4, 0.5) is 11.4 Å². The maximum atomic E-state index is 11.8. The Kier molecular flexibility index (Phi) is 4.53. The molecule has 1 aromatic carbocycles. The van der Waals surface area contributed by atoms with Gasteiger partial charge in [0.05, 0.1) is 12.2 Å². The summed E-state index contributed by atoms with van der Waals surface area (Å²) in [5.41, 5.74) is 7.69. The molecule has 1 aliphatic rings. The SMILES string of the molecule is CCOC(=O)c1cc(NC2CCC(C)C2C)ccc1N. The van der Waals surface area contributed by atoms with Gasteiger partial charge in [0.25, 0.3) is 0 Å². The molecule has 0 radical (unpaired) electrons. The number of nitrogens with one attached hydrogen (secondary N) is 1. The second-order valence-corrected chi connectivity index (χ2v) is 5.69. The molecule has 4 nitrogen and oxygen atoms in total. The van der Waals surface area contributed by atoms with E-state index in [0.29, 0.717) is 29.8 Å². The van der Waals surface area contributed by atoms with E-state index in [1.165, 1.54) is 12.8 Å². The lowest BCUT2D eigenvalue weighted by Crippen LogP contribution is -2.24. The number of nitrogens with two attached hydrogens (primary N) is 1. The molecule has 110 valence electrons. The van der Waals surface area contributed by atoms with E-state index in [0.717, 1.165) is 11.6 Å². The highest BCUT2D eigenvalue weighted by molar-refractivity contribution is 5.96. The number of carbonyl (C=O) groups excluding carboxylic acids is 1. The van der Waals surface area contributed by atoms with Gasteiger partial charge in [-0.15, -0.1) is 0 Å². The van der Waals surface area contributed by atoms with Crippen LogP contribution in [0.15, 0.2) is 18.2 Å². The van der Waals surface area contributed by atoms with E-state index in [-0.39, 0.29) is 5.97 Å². The monoisotopic (exact) mass is 276 g/mol. The minimum absolute atomic E-state index is 0.354. The number of carbonyl (C=O) groups is 1. The Morgan fingerprint density at radius 1 is 1.40 bits per heavy atom. The van der Waals surface area contributed by atoms with Crippen LogP contribution in [0.3, 0.4) is 0 Å². The Labute approximate surface area is 120 Å². The van der Waals surface area contributed by atoms with Gasteiger partial charge in [0, 0.05) is 17.4 Å². The van der Waals surface area contributed by atoms with Gasteiger partial charge in [-0.2, -0.15) is 0 Å². The van der Waals surface area contributed by atoms with Gasteiger partial charge >= 0.3 is 5.97 Å². The van der Waals surface area contributed by atoms with Crippen molar-refractivity contribution >= 4 is 17.3 Å².